The molecule has 0 amide bonds. The standard InChI is InChI=1S/C14H27NO/c1-14(2,3)16-13-9-12(10-13)15-8-7-11-5-4-6-11/h11-13,15H,4-10H2,1-3H3. The Bertz CT molecular complexity index is 211. The summed E-state index contributed by atoms with van der Waals surface area (Å²) in [6, 6.07) is 0.729. The van der Waals surface area contributed by atoms with Crippen molar-refractivity contribution in [3.8, 4) is 0 Å². The van der Waals surface area contributed by atoms with Crippen molar-refractivity contribution in [3.05, 3.63) is 0 Å². The second-order valence-corrected chi connectivity index (χ2v) is 6.56. The molecule has 2 heteroatoms. The Hall–Kier alpha value is -0.0800. The summed E-state index contributed by atoms with van der Waals surface area (Å²) in [6.07, 6.45) is 8.73. The van der Waals surface area contributed by atoms with Crippen LogP contribution >= 0.6 is 0 Å². The summed E-state index contributed by atoms with van der Waals surface area (Å²) >= 11 is 0. The summed E-state index contributed by atoms with van der Waals surface area (Å²) in [7, 11) is 0. The minimum Gasteiger partial charge on any atom is -0.373 e. The Morgan fingerprint density at radius 2 is 1.88 bits per heavy atom. The van der Waals surface area contributed by atoms with Crippen LogP contribution in [0.1, 0.15) is 59.3 Å². The number of hydrogen-bond acceptors (Lipinski definition) is 2. The van der Waals surface area contributed by atoms with Gasteiger partial charge in [-0.2, -0.15) is 0 Å². The molecule has 0 bridgehead atoms. The number of hydrogen-bond donors (Lipinski definition) is 1. The summed E-state index contributed by atoms with van der Waals surface area (Å²) < 4.78 is 5.92. The molecule has 0 saturated heterocycles. The van der Waals surface area contributed by atoms with Crippen LogP contribution in [0.15, 0.2) is 0 Å². The van der Waals surface area contributed by atoms with E-state index < -0.39 is 0 Å². The Balaban J connectivity index is 1.48. The van der Waals surface area contributed by atoms with Gasteiger partial charge in [0.1, 0.15) is 0 Å². The van der Waals surface area contributed by atoms with E-state index in [2.05, 4.69) is 26.1 Å². The van der Waals surface area contributed by atoms with E-state index in [4.69, 9.17) is 4.74 Å². The molecule has 0 aliphatic heterocycles. The third-order valence-corrected chi connectivity index (χ3v) is 3.83. The van der Waals surface area contributed by atoms with Crippen LogP contribution in [-0.2, 0) is 4.74 Å². The SMILES string of the molecule is CC(C)(C)OC1CC(NCCC2CCC2)C1. The number of nitrogens with one attached hydrogen (secondary N) is 1. The molecular formula is C14H27NO. The number of ether oxygens (including phenoxy) is 1. The van der Waals surface area contributed by atoms with Crippen molar-refractivity contribution in [2.45, 2.75) is 77.0 Å². The maximum atomic E-state index is 5.92. The van der Waals surface area contributed by atoms with Crippen molar-refractivity contribution < 1.29 is 4.74 Å². The summed E-state index contributed by atoms with van der Waals surface area (Å²) in [5, 5.41) is 3.65. The molecule has 0 unspecified atom stereocenters. The lowest BCUT2D eigenvalue weighted by Crippen LogP contribution is -2.48. The van der Waals surface area contributed by atoms with Crippen LogP contribution < -0.4 is 5.32 Å². The molecule has 0 spiro atoms. The lowest BCUT2D eigenvalue weighted by molar-refractivity contribution is -0.102. The zero-order valence-electron chi connectivity index (χ0n) is 11.1. The second-order valence-electron chi connectivity index (χ2n) is 6.56. The summed E-state index contributed by atoms with van der Waals surface area (Å²) in [4.78, 5) is 0. The highest BCUT2D eigenvalue weighted by Crippen LogP contribution is 2.30. The lowest BCUT2D eigenvalue weighted by atomic mass is 9.82. The van der Waals surface area contributed by atoms with Gasteiger partial charge in [-0.15, -0.1) is 0 Å². The average molecular weight is 225 g/mol. The van der Waals surface area contributed by atoms with Gasteiger partial charge >= 0.3 is 0 Å². The molecule has 2 aliphatic rings. The molecule has 2 saturated carbocycles. The minimum atomic E-state index is 0.0293. The zero-order chi connectivity index (χ0) is 11.6. The highest BCUT2D eigenvalue weighted by atomic mass is 16.5. The molecule has 0 radical (unpaired) electrons. The molecule has 0 atom stereocenters. The second kappa shape index (κ2) is 5.05. The van der Waals surface area contributed by atoms with Crippen molar-refractivity contribution in [2.75, 3.05) is 6.54 Å². The fraction of sp³-hybridized carbons (Fsp3) is 1.00. The van der Waals surface area contributed by atoms with Gasteiger partial charge in [-0.25, -0.2) is 0 Å². The van der Waals surface area contributed by atoms with E-state index in [0.29, 0.717) is 6.10 Å². The molecule has 0 aromatic rings. The van der Waals surface area contributed by atoms with Crippen LogP contribution in [0.3, 0.4) is 0 Å². The smallest absolute Gasteiger partial charge is 0.0612 e. The predicted octanol–water partition coefficient (Wildman–Crippen LogP) is 3.11. The van der Waals surface area contributed by atoms with E-state index in [0.717, 1.165) is 12.0 Å². The highest BCUT2D eigenvalue weighted by molar-refractivity contribution is 4.87. The van der Waals surface area contributed by atoms with E-state index in [-0.39, 0.29) is 5.60 Å². The van der Waals surface area contributed by atoms with Gasteiger partial charge in [0.05, 0.1) is 11.7 Å². The van der Waals surface area contributed by atoms with E-state index in [1.807, 2.05) is 0 Å². The van der Waals surface area contributed by atoms with Gasteiger partial charge in [0.2, 0.25) is 0 Å². The molecule has 2 rings (SSSR count). The van der Waals surface area contributed by atoms with Crippen LogP contribution in [0.25, 0.3) is 0 Å². The normalized spacial score (nSPS) is 30.9. The summed E-state index contributed by atoms with van der Waals surface area (Å²) in [5.41, 5.74) is 0.0293. The van der Waals surface area contributed by atoms with Crippen molar-refractivity contribution in [1.82, 2.24) is 5.32 Å². The van der Waals surface area contributed by atoms with Gasteiger partial charge < -0.3 is 10.1 Å². The van der Waals surface area contributed by atoms with Gasteiger partial charge in [-0.3, -0.25) is 0 Å². The van der Waals surface area contributed by atoms with Gasteiger partial charge in [-0.1, -0.05) is 19.3 Å². The average Bonchev–Trinajstić information content (AvgIpc) is 2.01. The first-order valence-electron chi connectivity index (χ1n) is 6.94. The summed E-state index contributed by atoms with van der Waals surface area (Å²) in [6.45, 7) is 7.65. The zero-order valence-corrected chi connectivity index (χ0v) is 11.1. The first-order valence-corrected chi connectivity index (χ1v) is 6.94. The van der Waals surface area contributed by atoms with Crippen LogP contribution in [0.2, 0.25) is 0 Å². The Morgan fingerprint density at radius 3 is 2.38 bits per heavy atom. The fourth-order valence-corrected chi connectivity index (χ4v) is 2.60. The Kier molecular flexibility index (Phi) is 3.91. The van der Waals surface area contributed by atoms with E-state index in [1.165, 1.54) is 45.1 Å². The third-order valence-electron chi connectivity index (χ3n) is 3.83. The van der Waals surface area contributed by atoms with Crippen LogP contribution in [-0.4, -0.2) is 24.3 Å². The predicted molar refractivity (Wildman–Crippen MR) is 67.6 cm³/mol. The van der Waals surface area contributed by atoms with Crippen molar-refractivity contribution in [1.29, 1.82) is 0 Å². The van der Waals surface area contributed by atoms with Crippen molar-refractivity contribution in [3.63, 3.8) is 0 Å². The third kappa shape index (κ3) is 3.74. The fourth-order valence-electron chi connectivity index (χ4n) is 2.60. The first kappa shape index (κ1) is 12.4. The van der Waals surface area contributed by atoms with Crippen LogP contribution in [0.5, 0.6) is 0 Å². The van der Waals surface area contributed by atoms with Gasteiger partial charge in [0, 0.05) is 6.04 Å². The monoisotopic (exact) mass is 225 g/mol. The van der Waals surface area contributed by atoms with Crippen molar-refractivity contribution >= 4 is 0 Å². The molecule has 2 fully saturated rings. The Morgan fingerprint density at radius 1 is 1.19 bits per heavy atom. The van der Waals surface area contributed by atoms with Crippen LogP contribution in [0.4, 0.5) is 0 Å². The van der Waals surface area contributed by atoms with Gasteiger partial charge in [-0.05, 0) is 52.5 Å². The Labute approximate surface area is 100 Å². The van der Waals surface area contributed by atoms with E-state index in [1.54, 1.807) is 0 Å². The van der Waals surface area contributed by atoms with Gasteiger partial charge in [0.25, 0.3) is 0 Å². The molecule has 16 heavy (non-hydrogen) atoms. The van der Waals surface area contributed by atoms with Gasteiger partial charge in [0.15, 0.2) is 0 Å². The molecule has 0 aromatic heterocycles. The maximum absolute atomic E-state index is 5.92. The van der Waals surface area contributed by atoms with Crippen LogP contribution in [0, 0.1) is 5.92 Å². The molecule has 1 N–H and O–H groups in total. The van der Waals surface area contributed by atoms with E-state index in [9.17, 15) is 0 Å². The maximum Gasteiger partial charge on any atom is 0.0612 e. The van der Waals surface area contributed by atoms with Crippen molar-refractivity contribution in [2.24, 2.45) is 5.92 Å². The molecule has 94 valence electrons. The molecule has 2 nitrogen and oxygen atoms in total. The number of rotatable bonds is 5. The molecular weight excluding hydrogens is 198 g/mol. The highest BCUT2D eigenvalue weighted by Gasteiger charge is 2.32. The topological polar surface area (TPSA) is 21.3 Å². The lowest BCUT2D eigenvalue weighted by Gasteiger charge is -2.40. The quantitative estimate of drug-likeness (QED) is 0.776. The summed E-state index contributed by atoms with van der Waals surface area (Å²) in [5.74, 6) is 1.04. The first-order chi connectivity index (χ1) is 7.53. The molecule has 0 aromatic carbocycles. The molecule has 2 aliphatic carbocycles. The van der Waals surface area contributed by atoms with E-state index >= 15 is 0 Å². The minimum absolute atomic E-state index is 0.0293. The molecule has 0 heterocycles. The largest absolute Gasteiger partial charge is 0.373 e.